The van der Waals surface area contributed by atoms with Crippen molar-refractivity contribution in [2.75, 3.05) is 22.5 Å². The molecule has 6 heteroatoms. The second-order valence-corrected chi connectivity index (χ2v) is 6.02. The van der Waals surface area contributed by atoms with Crippen LogP contribution in [0.1, 0.15) is 27.2 Å². The summed E-state index contributed by atoms with van der Waals surface area (Å²) in [5.41, 5.74) is 2.17. The summed E-state index contributed by atoms with van der Waals surface area (Å²) in [6, 6.07) is 14.5. The van der Waals surface area contributed by atoms with Gasteiger partial charge in [-0.1, -0.05) is 13.0 Å². The molecule has 1 unspecified atom stereocenters. The summed E-state index contributed by atoms with van der Waals surface area (Å²) in [5.74, 6) is 0.481. The molecule has 2 aromatic carbocycles. The lowest BCUT2D eigenvalue weighted by molar-refractivity contribution is -0.115. The lowest BCUT2D eigenvalue weighted by atomic mass is 10.2. The summed E-state index contributed by atoms with van der Waals surface area (Å²) in [6.07, 6.45) is 1.08. The minimum absolute atomic E-state index is 0.134. The summed E-state index contributed by atoms with van der Waals surface area (Å²) in [6.45, 7) is 5.68. The number of amides is 2. The highest BCUT2D eigenvalue weighted by Gasteiger charge is 2.05. The van der Waals surface area contributed by atoms with E-state index < -0.39 is 0 Å². The van der Waals surface area contributed by atoms with Gasteiger partial charge in [-0.3, -0.25) is 9.59 Å². The van der Waals surface area contributed by atoms with Crippen molar-refractivity contribution in [3.63, 3.8) is 0 Å². The van der Waals surface area contributed by atoms with Gasteiger partial charge in [-0.2, -0.15) is 0 Å². The normalized spacial score (nSPS) is 11.3. The molecule has 26 heavy (non-hydrogen) atoms. The van der Waals surface area contributed by atoms with E-state index in [0.29, 0.717) is 11.4 Å². The Labute approximate surface area is 153 Å². The number of benzene rings is 2. The Hall–Kier alpha value is -3.02. The predicted molar refractivity (Wildman–Crippen MR) is 105 cm³/mol. The van der Waals surface area contributed by atoms with Crippen molar-refractivity contribution in [3.05, 3.63) is 48.5 Å². The smallest absolute Gasteiger partial charge is 0.243 e. The molecular formula is C20H25N3O3. The Kier molecular flexibility index (Phi) is 7.02. The molecule has 0 fully saturated rings. The van der Waals surface area contributed by atoms with Crippen LogP contribution in [0.15, 0.2) is 48.5 Å². The molecule has 2 amide bonds. The molecule has 0 spiro atoms. The fraction of sp³-hybridized carbons (Fsp3) is 0.300. The van der Waals surface area contributed by atoms with Crippen LogP contribution < -0.4 is 20.7 Å². The van der Waals surface area contributed by atoms with Crippen LogP contribution in [0.3, 0.4) is 0 Å². The molecule has 0 aromatic heterocycles. The first-order valence-corrected chi connectivity index (χ1v) is 8.64. The zero-order valence-corrected chi connectivity index (χ0v) is 15.3. The Morgan fingerprint density at radius 1 is 1.00 bits per heavy atom. The van der Waals surface area contributed by atoms with Crippen molar-refractivity contribution in [1.82, 2.24) is 0 Å². The summed E-state index contributed by atoms with van der Waals surface area (Å²) in [7, 11) is 0. The highest BCUT2D eigenvalue weighted by atomic mass is 16.5. The Balaban J connectivity index is 1.85. The number of carbonyl (C=O) groups excluding carboxylic acids is 2. The average Bonchev–Trinajstić information content (AvgIpc) is 2.61. The van der Waals surface area contributed by atoms with Gasteiger partial charge in [0, 0.05) is 30.1 Å². The number of carbonyl (C=O) groups is 2. The molecule has 6 nitrogen and oxygen atoms in total. The number of hydrogen-bond donors (Lipinski definition) is 3. The molecule has 2 rings (SSSR count). The van der Waals surface area contributed by atoms with Gasteiger partial charge in [-0.05, 0) is 49.7 Å². The van der Waals surface area contributed by atoms with E-state index in [2.05, 4.69) is 22.9 Å². The van der Waals surface area contributed by atoms with Gasteiger partial charge in [-0.25, -0.2) is 0 Å². The standard InChI is InChI=1S/C20H25N3O3/c1-4-14(2)26-19-7-5-6-18(12-19)21-13-20(25)23-17-10-8-16(9-11-17)22-15(3)24/h5-12,14,21H,4,13H2,1-3H3,(H,22,24)(H,23,25). The highest BCUT2D eigenvalue weighted by molar-refractivity contribution is 5.94. The third kappa shape index (κ3) is 6.47. The Bertz CT molecular complexity index is 744. The van der Waals surface area contributed by atoms with Crippen molar-refractivity contribution in [3.8, 4) is 5.75 Å². The molecule has 0 bridgehead atoms. The van der Waals surface area contributed by atoms with Gasteiger partial charge in [0.25, 0.3) is 0 Å². The van der Waals surface area contributed by atoms with Crippen molar-refractivity contribution in [2.45, 2.75) is 33.3 Å². The van der Waals surface area contributed by atoms with E-state index in [9.17, 15) is 9.59 Å². The molecule has 138 valence electrons. The molecule has 0 aliphatic carbocycles. The van der Waals surface area contributed by atoms with E-state index in [-0.39, 0.29) is 24.5 Å². The Morgan fingerprint density at radius 2 is 1.65 bits per heavy atom. The van der Waals surface area contributed by atoms with Crippen molar-refractivity contribution in [1.29, 1.82) is 0 Å². The first-order valence-electron chi connectivity index (χ1n) is 8.64. The van der Waals surface area contributed by atoms with Crippen molar-refractivity contribution >= 4 is 28.9 Å². The van der Waals surface area contributed by atoms with Gasteiger partial charge in [0.1, 0.15) is 5.75 Å². The van der Waals surface area contributed by atoms with E-state index in [0.717, 1.165) is 17.9 Å². The van der Waals surface area contributed by atoms with Gasteiger partial charge in [0.2, 0.25) is 11.8 Å². The minimum Gasteiger partial charge on any atom is -0.491 e. The van der Waals surface area contributed by atoms with Crippen LogP contribution in [0, 0.1) is 0 Å². The van der Waals surface area contributed by atoms with Crippen molar-refractivity contribution < 1.29 is 14.3 Å². The van der Waals surface area contributed by atoms with Crippen LogP contribution in [-0.2, 0) is 9.59 Å². The molecule has 0 aliphatic heterocycles. The van der Waals surface area contributed by atoms with Crippen LogP contribution in [0.4, 0.5) is 17.1 Å². The summed E-state index contributed by atoms with van der Waals surface area (Å²) in [4.78, 5) is 23.1. The first kappa shape index (κ1) is 19.3. The quantitative estimate of drug-likeness (QED) is 0.671. The summed E-state index contributed by atoms with van der Waals surface area (Å²) >= 11 is 0. The molecule has 0 saturated carbocycles. The molecule has 3 N–H and O–H groups in total. The minimum atomic E-state index is -0.162. The van der Waals surface area contributed by atoms with E-state index in [1.54, 1.807) is 24.3 Å². The fourth-order valence-electron chi connectivity index (χ4n) is 2.22. The van der Waals surface area contributed by atoms with Crippen LogP contribution in [0.25, 0.3) is 0 Å². The number of nitrogens with one attached hydrogen (secondary N) is 3. The van der Waals surface area contributed by atoms with Gasteiger partial charge in [0.15, 0.2) is 0 Å². The number of hydrogen-bond acceptors (Lipinski definition) is 4. The molecule has 0 heterocycles. The van der Waals surface area contributed by atoms with Gasteiger partial charge >= 0.3 is 0 Å². The maximum Gasteiger partial charge on any atom is 0.243 e. The SMILES string of the molecule is CCC(C)Oc1cccc(NCC(=O)Nc2ccc(NC(C)=O)cc2)c1. The summed E-state index contributed by atoms with van der Waals surface area (Å²) < 4.78 is 5.77. The maximum absolute atomic E-state index is 12.1. The summed E-state index contributed by atoms with van der Waals surface area (Å²) in [5, 5.41) is 8.57. The van der Waals surface area contributed by atoms with Crippen molar-refractivity contribution in [2.24, 2.45) is 0 Å². The van der Waals surface area contributed by atoms with Crippen LogP contribution >= 0.6 is 0 Å². The third-order valence-corrected chi connectivity index (χ3v) is 3.69. The van der Waals surface area contributed by atoms with E-state index >= 15 is 0 Å². The number of anilines is 3. The van der Waals surface area contributed by atoms with E-state index in [4.69, 9.17) is 4.74 Å². The third-order valence-electron chi connectivity index (χ3n) is 3.69. The number of ether oxygens (including phenoxy) is 1. The van der Waals surface area contributed by atoms with Crippen LogP contribution in [0.2, 0.25) is 0 Å². The maximum atomic E-state index is 12.1. The fourth-order valence-corrected chi connectivity index (χ4v) is 2.22. The Morgan fingerprint density at radius 3 is 2.27 bits per heavy atom. The van der Waals surface area contributed by atoms with Crippen LogP contribution in [0.5, 0.6) is 5.75 Å². The second kappa shape index (κ2) is 9.46. The lowest BCUT2D eigenvalue weighted by Gasteiger charge is -2.14. The first-order chi connectivity index (χ1) is 12.5. The zero-order valence-electron chi connectivity index (χ0n) is 15.3. The van der Waals surface area contributed by atoms with E-state index in [1.807, 2.05) is 31.2 Å². The topological polar surface area (TPSA) is 79.5 Å². The highest BCUT2D eigenvalue weighted by Crippen LogP contribution is 2.19. The predicted octanol–water partition coefficient (Wildman–Crippen LogP) is 3.87. The van der Waals surface area contributed by atoms with Gasteiger partial charge in [0.05, 0.1) is 12.6 Å². The number of rotatable bonds is 8. The molecule has 1 atom stereocenters. The largest absolute Gasteiger partial charge is 0.491 e. The van der Waals surface area contributed by atoms with E-state index in [1.165, 1.54) is 6.92 Å². The second-order valence-electron chi connectivity index (χ2n) is 6.02. The molecular weight excluding hydrogens is 330 g/mol. The molecule has 0 radical (unpaired) electrons. The molecule has 2 aromatic rings. The zero-order chi connectivity index (χ0) is 18.9. The van der Waals surface area contributed by atoms with Crippen LogP contribution in [-0.4, -0.2) is 24.5 Å². The monoisotopic (exact) mass is 355 g/mol. The molecule has 0 aliphatic rings. The average molecular weight is 355 g/mol. The van der Waals surface area contributed by atoms with Gasteiger partial charge < -0.3 is 20.7 Å². The lowest BCUT2D eigenvalue weighted by Crippen LogP contribution is -2.21. The van der Waals surface area contributed by atoms with Gasteiger partial charge in [-0.15, -0.1) is 0 Å². The molecule has 0 saturated heterocycles.